The average Bonchev–Trinajstić information content (AvgIpc) is 2.59. The van der Waals surface area contributed by atoms with Gasteiger partial charge in [-0.3, -0.25) is 0 Å². The van der Waals surface area contributed by atoms with Crippen LogP contribution in [0.5, 0.6) is 0 Å². The van der Waals surface area contributed by atoms with Gasteiger partial charge in [0.15, 0.2) is 0 Å². The lowest BCUT2D eigenvalue weighted by atomic mass is 9.66. The van der Waals surface area contributed by atoms with Crippen molar-refractivity contribution >= 4 is 23.2 Å². The van der Waals surface area contributed by atoms with E-state index in [1.165, 1.54) is 5.56 Å². The Morgan fingerprint density at radius 2 is 1.81 bits per heavy atom. The molecule has 4 heteroatoms. The van der Waals surface area contributed by atoms with E-state index < -0.39 is 5.60 Å². The van der Waals surface area contributed by atoms with Crippen LogP contribution in [0.4, 0.5) is 0 Å². The lowest BCUT2D eigenvalue weighted by Gasteiger charge is -2.44. The summed E-state index contributed by atoms with van der Waals surface area (Å²) in [5.41, 5.74) is 1.45. The monoisotopic (exact) mass is 391 g/mol. The second-order valence-corrected chi connectivity index (χ2v) is 8.74. The van der Waals surface area contributed by atoms with Crippen molar-refractivity contribution in [2.24, 2.45) is 11.8 Å². The van der Waals surface area contributed by atoms with Crippen LogP contribution in [0.1, 0.15) is 30.4 Å². The minimum atomic E-state index is -0.814. The quantitative estimate of drug-likeness (QED) is 0.736. The van der Waals surface area contributed by atoms with E-state index in [1.807, 2.05) is 36.4 Å². The van der Waals surface area contributed by atoms with Crippen molar-refractivity contribution in [3.05, 3.63) is 69.7 Å². The maximum Gasteiger partial charge on any atom is 0.0937 e. The fourth-order valence-corrected chi connectivity index (χ4v) is 4.60. The minimum Gasteiger partial charge on any atom is -0.385 e. The van der Waals surface area contributed by atoms with Gasteiger partial charge < -0.3 is 10.0 Å². The van der Waals surface area contributed by atoms with Gasteiger partial charge >= 0.3 is 0 Å². The molecule has 0 spiro atoms. The third-order valence-corrected chi connectivity index (χ3v) is 6.06. The Balaban J connectivity index is 1.79. The minimum absolute atomic E-state index is 0.182. The smallest absolute Gasteiger partial charge is 0.0937 e. The normalized spacial score (nSPS) is 26.2. The first kappa shape index (κ1) is 19.7. The Morgan fingerprint density at radius 3 is 2.46 bits per heavy atom. The number of rotatable bonds is 5. The summed E-state index contributed by atoms with van der Waals surface area (Å²) in [6.45, 7) is 0.861. The third kappa shape index (κ3) is 4.61. The second kappa shape index (κ2) is 8.31. The van der Waals surface area contributed by atoms with Crippen LogP contribution in [-0.2, 0) is 12.0 Å². The van der Waals surface area contributed by atoms with Gasteiger partial charge in [-0.15, -0.1) is 0 Å². The highest BCUT2D eigenvalue weighted by Crippen LogP contribution is 2.45. The van der Waals surface area contributed by atoms with E-state index in [1.54, 1.807) is 0 Å². The van der Waals surface area contributed by atoms with Crippen LogP contribution in [0.25, 0.3) is 0 Å². The molecule has 3 atom stereocenters. The molecule has 0 amide bonds. The highest BCUT2D eigenvalue weighted by molar-refractivity contribution is 6.30. The number of halogens is 2. The Hall–Kier alpha value is -1.06. The molecule has 1 saturated carbocycles. The van der Waals surface area contributed by atoms with Crippen LogP contribution in [-0.4, -0.2) is 30.6 Å². The molecule has 0 saturated heterocycles. The molecule has 2 aromatic rings. The molecule has 1 N–H and O–H groups in total. The summed E-state index contributed by atoms with van der Waals surface area (Å²) in [5.74, 6) is 0.752. The molecule has 3 unspecified atom stereocenters. The Bertz CT molecular complexity index is 731. The molecule has 0 aromatic heterocycles. The predicted octanol–water partition coefficient (Wildman–Crippen LogP) is 5.40. The topological polar surface area (TPSA) is 23.5 Å². The van der Waals surface area contributed by atoms with Crippen LogP contribution in [0.3, 0.4) is 0 Å². The molecule has 1 aliphatic rings. The zero-order valence-electron chi connectivity index (χ0n) is 15.5. The van der Waals surface area contributed by atoms with Gasteiger partial charge in [0.1, 0.15) is 0 Å². The van der Waals surface area contributed by atoms with E-state index >= 15 is 0 Å². The molecule has 0 aliphatic heterocycles. The summed E-state index contributed by atoms with van der Waals surface area (Å²) in [6.07, 6.45) is 3.82. The van der Waals surface area contributed by atoms with Crippen molar-refractivity contribution in [3.63, 3.8) is 0 Å². The molecule has 3 rings (SSSR count). The fourth-order valence-electron chi connectivity index (χ4n) is 4.29. The zero-order chi connectivity index (χ0) is 18.7. The molecule has 26 heavy (non-hydrogen) atoms. The lowest BCUT2D eigenvalue weighted by Crippen LogP contribution is -2.45. The number of benzene rings is 2. The molecule has 2 nitrogen and oxygen atoms in total. The molecule has 0 bridgehead atoms. The molecule has 0 radical (unpaired) electrons. The number of hydrogen-bond donors (Lipinski definition) is 1. The second-order valence-electron chi connectivity index (χ2n) is 7.86. The SMILES string of the molecule is CN(C)CC1CC(Cc2ccc(Cl)cc2)CCC1(O)c1cccc(Cl)c1. The molecule has 140 valence electrons. The number of aliphatic hydroxyl groups is 1. The lowest BCUT2D eigenvalue weighted by molar-refractivity contribution is -0.0752. The van der Waals surface area contributed by atoms with Crippen molar-refractivity contribution < 1.29 is 5.11 Å². The van der Waals surface area contributed by atoms with Crippen LogP contribution in [0, 0.1) is 11.8 Å². The molecule has 2 aromatic carbocycles. The van der Waals surface area contributed by atoms with E-state index in [2.05, 4.69) is 31.1 Å². The van der Waals surface area contributed by atoms with Gasteiger partial charge in [0, 0.05) is 22.5 Å². The Morgan fingerprint density at radius 1 is 1.08 bits per heavy atom. The standard InChI is InChI=1S/C22H27Cl2NO/c1-25(2)15-19-13-17(12-16-6-8-20(23)9-7-16)10-11-22(19,26)18-4-3-5-21(24)14-18/h3-9,14,17,19,26H,10-13,15H2,1-2H3. The summed E-state index contributed by atoms with van der Waals surface area (Å²) in [5, 5.41) is 13.1. The predicted molar refractivity (Wildman–Crippen MR) is 110 cm³/mol. The highest BCUT2D eigenvalue weighted by atomic mass is 35.5. The van der Waals surface area contributed by atoms with E-state index in [-0.39, 0.29) is 5.92 Å². The van der Waals surface area contributed by atoms with Gasteiger partial charge in [-0.1, -0.05) is 47.5 Å². The molecule has 1 aliphatic carbocycles. The Kier molecular flexibility index (Phi) is 6.29. The van der Waals surface area contributed by atoms with Crippen molar-refractivity contribution in [1.29, 1.82) is 0 Å². The van der Waals surface area contributed by atoms with E-state index in [9.17, 15) is 5.11 Å². The maximum atomic E-state index is 11.6. The third-order valence-electron chi connectivity index (χ3n) is 5.57. The van der Waals surface area contributed by atoms with E-state index in [0.717, 1.165) is 42.8 Å². The van der Waals surface area contributed by atoms with Gasteiger partial charge in [-0.25, -0.2) is 0 Å². The van der Waals surface area contributed by atoms with E-state index in [0.29, 0.717) is 10.9 Å². The first-order valence-electron chi connectivity index (χ1n) is 9.24. The average molecular weight is 392 g/mol. The van der Waals surface area contributed by atoms with Crippen LogP contribution in [0.15, 0.2) is 48.5 Å². The molecular formula is C22H27Cl2NO. The Labute approximate surface area is 166 Å². The van der Waals surface area contributed by atoms with E-state index in [4.69, 9.17) is 23.2 Å². The summed E-state index contributed by atoms with van der Waals surface area (Å²) >= 11 is 12.2. The maximum absolute atomic E-state index is 11.6. The van der Waals surface area contributed by atoms with Crippen molar-refractivity contribution in [1.82, 2.24) is 4.90 Å². The van der Waals surface area contributed by atoms with Gasteiger partial charge in [-0.05, 0) is 81.1 Å². The van der Waals surface area contributed by atoms with Crippen LogP contribution in [0.2, 0.25) is 10.0 Å². The van der Waals surface area contributed by atoms with Crippen molar-refractivity contribution in [2.45, 2.75) is 31.3 Å². The molecule has 0 heterocycles. The fraction of sp³-hybridized carbons (Fsp3) is 0.455. The number of hydrogen-bond acceptors (Lipinski definition) is 2. The van der Waals surface area contributed by atoms with Crippen molar-refractivity contribution in [2.75, 3.05) is 20.6 Å². The summed E-state index contributed by atoms with van der Waals surface area (Å²) in [4.78, 5) is 2.17. The largest absolute Gasteiger partial charge is 0.385 e. The zero-order valence-corrected chi connectivity index (χ0v) is 17.0. The van der Waals surface area contributed by atoms with Gasteiger partial charge in [0.2, 0.25) is 0 Å². The summed E-state index contributed by atoms with van der Waals surface area (Å²) in [6, 6.07) is 15.9. The van der Waals surface area contributed by atoms with Gasteiger partial charge in [0.05, 0.1) is 5.60 Å². The summed E-state index contributed by atoms with van der Waals surface area (Å²) < 4.78 is 0. The van der Waals surface area contributed by atoms with Gasteiger partial charge in [-0.2, -0.15) is 0 Å². The summed E-state index contributed by atoms with van der Waals surface area (Å²) in [7, 11) is 4.14. The molecular weight excluding hydrogens is 365 g/mol. The highest BCUT2D eigenvalue weighted by Gasteiger charge is 2.43. The van der Waals surface area contributed by atoms with Crippen LogP contribution >= 0.6 is 23.2 Å². The first-order valence-corrected chi connectivity index (χ1v) is 10.00. The number of nitrogens with zero attached hydrogens (tertiary/aromatic N) is 1. The van der Waals surface area contributed by atoms with Gasteiger partial charge in [0.25, 0.3) is 0 Å². The van der Waals surface area contributed by atoms with Crippen LogP contribution < -0.4 is 0 Å². The molecule has 1 fully saturated rings. The first-order chi connectivity index (χ1) is 12.4. The van der Waals surface area contributed by atoms with Crippen molar-refractivity contribution in [3.8, 4) is 0 Å².